The van der Waals surface area contributed by atoms with E-state index >= 15 is 0 Å². The van der Waals surface area contributed by atoms with Gasteiger partial charge < -0.3 is 4.90 Å². The van der Waals surface area contributed by atoms with Gasteiger partial charge in [0.05, 0.1) is 11.1 Å². The molecule has 1 aliphatic heterocycles. The van der Waals surface area contributed by atoms with Crippen molar-refractivity contribution in [2.24, 2.45) is 5.92 Å². The zero-order chi connectivity index (χ0) is 16.1. The van der Waals surface area contributed by atoms with Crippen molar-refractivity contribution in [3.05, 3.63) is 33.8 Å². The molecule has 0 aliphatic carbocycles. The number of carbonyl (C=O) groups excluding carboxylic acids is 1. The SMILES string of the molecule is N#CC(C(=O)c1ccc(Cl)cc1Cl)C(=S)N1CCCCCC1. The maximum atomic E-state index is 12.6. The lowest BCUT2D eigenvalue weighted by Crippen LogP contribution is -2.38. The van der Waals surface area contributed by atoms with E-state index in [1.54, 1.807) is 12.1 Å². The van der Waals surface area contributed by atoms with Crippen LogP contribution in [0.3, 0.4) is 0 Å². The van der Waals surface area contributed by atoms with Crippen molar-refractivity contribution < 1.29 is 4.79 Å². The molecule has 0 spiro atoms. The molecule has 1 aliphatic rings. The Morgan fingerprint density at radius 2 is 1.86 bits per heavy atom. The number of Topliss-reactive ketones (excluding diaryl/α,β-unsaturated/α-hetero) is 1. The summed E-state index contributed by atoms with van der Waals surface area (Å²) in [6.07, 6.45) is 4.39. The molecule has 116 valence electrons. The van der Waals surface area contributed by atoms with E-state index < -0.39 is 5.92 Å². The largest absolute Gasteiger partial charge is 0.365 e. The first-order valence-corrected chi connectivity index (χ1v) is 8.38. The topological polar surface area (TPSA) is 44.1 Å². The number of nitriles is 1. The second-order valence-corrected chi connectivity index (χ2v) is 6.55. The van der Waals surface area contributed by atoms with E-state index in [9.17, 15) is 10.1 Å². The van der Waals surface area contributed by atoms with Crippen LogP contribution in [0.5, 0.6) is 0 Å². The van der Waals surface area contributed by atoms with Gasteiger partial charge >= 0.3 is 0 Å². The Kier molecular flexibility index (Phi) is 6.19. The Bertz CT molecular complexity index is 619. The van der Waals surface area contributed by atoms with Gasteiger partial charge in [-0.1, -0.05) is 48.3 Å². The molecule has 6 heteroatoms. The van der Waals surface area contributed by atoms with Gasteiger partial charge in [-0.2, -0.15) is 5.26 Å². The molecule has 22 heavy (non-hydrogen) atoms. The summed E-state index contributed by atoms with van der Waals surface area (Å²) in [5.41, 5.74) is 0.287. The highest BCUT2D eigenvalue weighted by atomic mass is 35.5. The third kappa shape index (κ3) is 3.98. The van der Waals surface area contributed by atoms with Crippen molar-refractivity contribution in [2.45, 2.75) is 25.7 Å². The first kappa shape index (κ1) is 17.2. The number of nitrogens with zero attached hydrogens (tertiary/aromatic N) is 2. The highest BCUT2D eigenvalue weighted by molar-refractivity contribution is 7.80. The third-order valence-electron chi connectivity index (χ3n) is 3.75. The number of hydrogen-bond donors (Lipinski definition) is 0. The Morgan fingerprint density at radius 3 is 2.41 bits per heavy atom. The van der Waals surface area contributed by atoms with Crippen molar-refractivity contribution in [3.8, 4) is 6.07 Å². The molecule has 2 rings (SSSR count). The van der Waals surface area contributed by atoms with E-state index in [2.05, 4.69) is 0 Å². The summed E-state index contributed by atoms with van der Waals surface area (Å²) in [7, 11) is 0. The minimum Gasteiger partial charge on any atom is -0.365 e. The number of ketones is 1. The van der Waals surface area contributed by atoms with Crippen LogP contribution in [0, 0.1) is 17.2 Å². The van der Waals surface area contributed by atoms with Gasteiger partial charge in [0, 0.05) is 23.7 Å². The maximum Gasteiger partial charge on any atom is 0.188 e. The van der Waals surface area contributed by atoms with E-state index in [1.165, 1.54) is 6.07 Å². The van der Waals surface area contributed by atoms with Crippen LogP contribution in [-0.4, -0.2) is 28.8 Å². The fourth-order valence-corrected chi connectivity index (χ4v) is 3.39. The summed E-state index contributed by atoms with van der Waals surface area (Å²) in [6, 6.07) is 6.67. The van der Waals surface area contributed by atoms with E-state index in [0.717, 1.165) is 38.8 Å². The van der Waals surface area contributed by atoms with Crippen molar-refractivity contribution in [2.75, 3.05) is 13.1 Å². The number of carbonyl (C=O) groups is 1. The normalized spacial score (nSPS) is 16.5. The van der Waals surface area contributed by atoms with Crippen LogP contribution in [-0.2, 0) is 0 Å². The quantitative estimate of drug-likeness (QED) is 0.591. The second-order valence-electron chi connectivity index (χ2n) is 5.29. The number of halogens is 2. The predicted octanol–water partition coefficient (Wildman–Crippen LogP) is 4.52. The Hall–Kier alpha value is -1.15. The van der Waals surface area contributed by atoms with Crippen molar-refractivity contribution in [1.82, 2.24) is 4.90 Å². The molecule has 3 nitrogen and oxygen atoms in total. The summed E-state index contributed by atoms with van der Waals surface area (Å²) >= 11 is 17.3. The van der Waals surface area contributed by atoms with Crippen LogP contribution < -0.4 is 0 Å². The smallest absolute Gasteiger partial charge is 0.188 e. The molecule has 1 unspecified atom stereocenters. The van der Waals surface area contributed by atoms with Crippen LogP contribution >= 0.6 is 35.4 Å². The minimum absolute atomic E-state index is 0.247. The Labute approximate surface area is 145 Å². The summed E-state index contributed by atoms with van der Waals surface area (Å²) in [6.45, 7) is 1.61. The summed E-state index contributed by atoms with van der Waals surface area (Å²) in [4.78, 5) is 15.0. The molecule has 1 aromatic carbocycles. The van der Waals surface area contributed by atoms with E-state index in [0.29, 0.717) is 10.0 Å². The van der Waals surface area contributed by atoms with E-state index in [-0.39, 0.29) is 16.4 Å². The molecule has 1 aromatic rings. The standard InChI is InChI=1S/C16H16Cl2N2OS/c17-11-5-6-12(14(18)9-11)15(21)13(10-19)16(22)20-7-3-1-2-4-8-20/h5-6,9,13H,1-4,7-8H2. The van der Waals surface area contributed by atoms with Crippen LogP contribution in [0.25, 0.3) is 0 Å². The van der Waals surface area contributed by atoms with Crippen molar-refractivity contribution in [3.63, 3.8) is 0 Å². The van der Waals surface area contributed by atoms with Gasteiger partial charge in [-0.25, -0.2) is 0 Å². The van der Waals surface area contributed by atoms with Gasteiger partial charge in [0.1, 0.15) is 4.99 Å². The molecular formula is C16H16Cl2N2OS. The fourth-order valence-electron chi connectivity index (χ4n) is 2.54. The van der Waals surface area contributed by atoms with Crippen molar-refractivity contribution in [1.29, 1.82) is 5.26 Å². The highest BCUT2D eigenvalue weighted by Gasteiger charge is 2.29. The molecule has 1 atom stereocenters. The highest BCUT2D eigenvalue weighted by Crippen LogP contribution is 2.25. The Morgan fingerprint density at radius 1 is 1.23 bits per heavy atom. The zero-order valence-electron chi connectivity index (χ0n) is 12.0. The predicted molar refractivity (Wildman–Crippen MR) is 92.5 cm³/mol. The molecule has 0 saturated carbocycles. The molecule has 1 heterocycles. The molecule has 0 radical (unpaired) electrons. The number of hydrogen-bond acceptors (Lipinski definition) is 3. The van der Waals surface area contributed by atoms with E-state index in [1.807, 2.05) is 11.0 Å². The monoisotopic (exact) mass is 354 g/mol. The van der Waals surface area contributed by atoms with Gasteiger partial charge in [0.25, 0.3) is 0 Å². The second kappa shape index (κ2) is 7.92. The average Bonchev–Trinajstić information content (AvgIpc) is 2.76. The van der Waals surface area contributed by atoms with Gasteiger partial charge in [0.15, 0.2) is 11.7 Å². The van der Waals surface area contributed by atoms with Gasteiger partial charge in [-0.3, -0.25) is 4.79 Å². The van der Waals surface area contributed by atoms with Gasteiger partial charge in [-0.05, 0) is 31.0 Å². The lowest BCUT2D eigenvalue weighted by molar-refractivity contribution is 0.0971. The van der Waals surface area contributed by atoms with E-state index in [4.69, 9.17) is 35.4 Å². The van der Waals surface area contributed by atoms with Crippen molar-refractivity contribution >= 4 is 46.2 Å². The van der Waals surface area contributed by atoms with Gasteiger partial charge in [0.2, 0.25) is 0 Å². The van der Waals surface area contributed by atoms with Crippen LogP contribution in [0.15, 0.2) is 18.2 Å². The number of benzene rings is 1. The third-order valence-corrected chi connectivity index (χ3v) is 4.79. The Balaban J connectivity index is 2.21. The molecular weight excluding hydrogens is 339 g/mol. The molecule has 1 fully saturated rings. The van der Waals surface area contributed by atoms with Crippen LogP contribution in [0.1, 0.15) is 36.0 Å². The first-order chi connectivity index (χ1) is 10.5. The van der Waals surface area contributed by atoms with Crippen LogP contribution in [0.4, 0.5) is 0 Å². The molecule has 0 bridgehead atoms. The lowest BCUT2D eigenvalue weighted by Gasteiger charge is -2.25. The van der Waals surface area contributed by atoms with Crippen LogP contribution in [0.2, 0.25) is 10.0 Å². The maximum absolute atomic E-state index is 12.6. The summed E-state index contributed by atoms with van der Waals surface area (Å²) in [5.74, 6) is -1.34. The summed E-state index contributed by atoms with van der Waals surface area (Å²) < 4.78 is 0. The number of likely N-dealkylation sites (tertiary alicyclic amines) is 1. The van der Waals surface area contributed by atoms with Gasteiger partial charge in [-0.15, -0.1) is 0 Å². The number of thiocarbonyl (C=S) groups is 1. The molecule has 0 aromatic heterocycles. The lowest BCUT2D eigenvalue weighted by atomic mass is 9.98. The number of rotatable bonds is 3. The molecule has 1 saturated heterocycles. The summed E-state index contributed by atoms with van der Waals surface area (Å²) in [5, 5.41) is 10.1. The molecule has 0 amide bonds. The first-order valence-electron chi connectivity index (χ1n) is 7.22. The molecule has 0 N–H and O–H groups in total. The minimum atomic E-state index is -0.980. The fraction of sp³-hybridized carbons (Fsp3) is 0.438. The zero-order valence-corrected chi connectivity index (χ0v) is 14.3. The average molecular weight is 355 g/mol.